The van der Waals surface area contributed by atoms with Crippen molar-refractivity contribution in [2.45, 2.75) is 30.5 Å². The van der Waals surface area contributed by atoms with Gasteiger partial charge in [-0.25, -0.2) is 0 Å². The molecule has 132 valence electrons. The molecular weight excluding hydrogens is 354 g/mol. The van der Waals surface area contributed by atoms with Crippen LogP contribution in [-0.4, -0.2) is 40.3 Å². The average Bonchev–Trinajstić information content (AvgIpc) is 3.05. The Labute approximate surface area is 156 Å². The highest BCUT2D eigenvalue weighted by Gasteiger charge is 2.12. The van der Waals surface area contributed by atoms with Crippen LogP contribution in [0.2, 0.25) is 0 Å². The minimum absolute atomic E-state index is 0.0192. The number of amides is 1. The topological polar surface area (TPSA) is 81.9 Å². The first-order chi connectivity index (χ1) is 12.0. The molecule has 8 heteroatoms. The summed E-state index contributed by atoms with van der Waals surface area (Å²) in [7, 11) is 1.70. The quantitative estimate of drug-likeness (QED) is 0.705. The van der Waals surface area contributed by atoms with E-state index in [1.54, 1.807) is 11.9 Å². The number of thioether (sulfide) groups is 1. The molecule has 6 nitrogen and oxygen atoms in total. The van der Waals surface area contributed by atoms with Crippen LogP contribution in [0.5, 0.6) is 0 Å². The molecule has 0 unspecified atom stereocenters. The molecule has 1 aromatic carbocycles. The molecule has 0 aliphatic heterocycles. The molecule has 1 N–H and O–H groups in total. The Morgan fingerprint density at radius 1 is 1.36 bits per heavy atom. The first-order valence-electron chi connectivity index (χ1n) is 7.93. The van der Waals surface area contributed by atoms with E-state index in [1.807, 2.05) is 18.2 Å². The smallest absolute Gasteiger partial charge is 0.232 e. The number of hydrogen-bond acceptors (Lipinski definition) is 7. The first kappa shape index (κ1) is 19.2. The summed E-state index contributed by atoms with van der Waals surface area (Å²) in [6, 6.07) is 10.3. The van der Waals surface area contributed by atoms with E-state index in [4.69, 9.17) is 5.26 Å². The number of carbonyl (C=O) groups excluding carboxylic acids is 1. The van der Waals surface area contributed by atoms with Crippen molar-refractivity contribution in [3.05, 3.63) is 29.8 Å². The number of nitriles is 1. The van der Waals surface area contributed by atoms with Gasteiger partial charge in [-0.05, 0) is 23.6 Å². The molecule has 1 aromatic heterocycles. The molecule has 2 rings (SSSR count). The first-order valence-corrected chi connectivity index (χ1v) is 9.74. The van der Waals surface area contributed by atoms with Gasteiger partial charge in [-0.2, -0.15) is 5.26 Å². The Morgan fingerprint density at radius 3 is 2.72 bits per heavy atom. The van der Waals surface area contributed by atoms with Crippen molar-refractivity contribution < 1.29 is 4.79 Å². The maximum atomic E-state index is 11.9. The van der Waals surface area contributed by atoms with Crippen molar-refractivity contribution in [2.75, 3.05) is 24.7 Å². The van der Waals surface area contributed by atoms with Gasteiger partial charge in [0.15, 0.2) is 4.34 Å². The summed E-state index contributed by atoms with van der Waals surface area (Å²) in [4.78, 5) is 13.5. The second kappa shape index (κ2) is 9.39. The van der Waals surface area contributed by atoms with Gasteiger partial charge in [0.1, 0.15) is 0 Å². The fraction of sp³-hybridized carbons (Fsp3) is 0.412. The molecule has 0 spiro atoms. The summed E-state index contributed by atoms with van der Waals surface area (Å²) in [5.74, 6) is 0.774. The lowest BCUT2D eigenvalue weighted by Gasteiger charge is -2.14. The highest BCUT2D eigenvalue weighted by atomic mass is 32.2. The van der Waals surface area contributed by atoms with Crippen LogP contribution < -0.4 is 5.32 Å². The maximum Gasteiger partial charge on any atom is 0.232 e. The van der Waals surface area contributed by atoms with E-state index in [1.165, 1.54) is 28.7 Å². The van der Waals surface area contributed by atoms with Gasteiger partial charge in [-0.15, -0.1) is 10.2 Å². The third kappa shape index (κ3) is 6.03. The van der Waals surface area contributed by atoms with Gasteiger partial charge in [0, 0.05) is 19.3 Å². The summed E-state index contributed by atoms with van der Waals surface area (Å²) in [6.07, 6.45) is 0.343. The number of nitrogens with one attached hydrogen (secondary N) is 1. The zero-order valence-corrected chi connectivity index (χ0v) is 16.2. The summed E-state index contributed by atoms with van der Waals surface area (Å²) in [5.41, 5.74) is 2.25. The Balaban J connectivity index is 1.85. The van der Waals surface area contributed by atoms with E-state index < -0.39 is 0 Å². The number of carbonyl (C=O) groups is 1. The number of aromatic nitrogens is 2. The van der Waals surface area contributed by atoms with Gasteiger partial charge < -0.3 is 10.2 Å². The van der Waals surface area contributed by atoms with Crippen molar-refractivity contribution in [3.8, 4) is 6.07 Å². The molecule has 2 aromatic rings. The molecule has 0 saturated heterocycles. The normalized spacial score (nSPS) is 10.5. The van der Waals surface area contributed by atoms with Crippen LogP contribution in [-0.2, 0) is 4.79 Å². The number of benzene rings is 1. The van der Waals surface area contributed by atoms with Crippen LogP contribution in [0.1, 0.15) is 31.7 Å². The second-order valence-electron chi connectivity index (χ2n) is 5.79. The number of hydrogen-bond donors (Lipinski definition) is 1. The lowest BCUT2D eigenvalue weighted by Crippen LogP contribution is -2.29. The lowest BCUT2D eigenvalue weighted by molar-refractivity contribution is -0.127. The molecule has 0 saturated carbocycles. The number of rotatable bonds is 8. The van der Waals surface area contributed by atoms with Crippen LogP contribution in [0.15, 0.2) is 28.6 Å². The van der Waals surface area contributed by atoms with E-state index in [2.05, 4.69) is 41.5 Å². The van der Waals surface area contributed by atoms with Gasteiger partial charge in [-0.1, -0.05) is 49.1 Å². The zero-order chi connectivity index (χ0) is 18.2. The Morgan fingerprint density at radius 2 is 2.08 bits per heavy atom. The monoisotopic (exact) mass is 375 g/mol. The molecule has 25 heavy (non-hydrogen) atoms. The van der Waals surface area contributed by atoms with E-state index in [9.17, 15) is 4.79 Å². The van der Waals surface area contributed by atoms with Crippen LogP contribution in [0, 0.1) is 11.3 Å². The molecule has 0 bridgehead atoms. The summed E-state index contributed by atoms with van der Waals surface area (Å²) >= 11 is 2.78. The van der Waals surface area contributed by atoms with E-state index in [-0.39, 0.29) is 5.91 Å². The Hall–Kier alpha value is -2.11. The largest absolute Gasteiger partial charge is 0.344 e. The van der Waals surface area contributed by atoms with Crippen LogP contribution in [0.25, 0.3) is 0 Å². The van der Waals surface area contributed by atoms with E-state index in [0.717, 1.165) is 10.0 Å². The predicted molar refractivity (Wildman–Crippen MR) is 102 cm³/mol. The van der Waals surface area contributed by atoms with Crippen molar-refractivity contribution in [3.63, 3.8) is 0 Å². The van der Waals surface area contributed by atoms with Crippen molar-refractivity contribution in [1.29, 1.82) is 5.26 Å². The van der Waals surface area contributed by atoms with Crippen LogP contribution in [0.3, 0.4) is 0 Å². The van der Waals surface area contributed by atoms with Crippen molar-refractivity contribution in [2.24, 2.45) is 0 Å². The molecule has 0 aliphatic rings. The maximum absolute atomic E-state index is 11.9. The standard InChI is InChI=1S/C17H21N5OS2/c1-12(2)13-5-7-14(8-6-13)19-16-20-21-17(25-16)24-11-15(23)22(3)10-4-9-18/h5-8,12H,4,10-11H2,1-3H3,(H,19,20). The third-order valence-electron chi connectivity index (χ3n) is 3.54. The Bertz CT molecular complexity index is 736. The Kier molecular flexibility index (Phi) is 7.22. The van der Waals surface area contributed by atoms with Crippen LogP contribution >= 0.6 is 23.1 Å². The molecule has 0 radical (unpaired) electrons. The van der Waals surface area contributed by atoms with Crippen molar-refractivity contribution >= 4 is 39.8 Å². The van der Waals surface area contributed by atoms with Gasteiger partial charge in [0.2, 0.25) is 11.0 Å². The highest BCUT2D eigenvalue weighted by molar-refractivity contribution is 8.01. The second-order valence-corrected chi connectivity index (χ2v) is 7.99. The minimum atomic E-state index is -0.0192. The minimum Gasteiger partial charge on any atom is -0.344 e. The molecule has 1 heterocycles. The van der Waals surface area contributed by atoms with Gasteiger partial charge in [0.25, 0.3) is 0 Å². The molecule has 1 amide bonds. The molecule has 0 atom stereocenters. The third-order valence-corrected chi connectivity index (χ3v) is 5.50. The van der Waals surface area contributed by atoms with E-state index in [0.29, 0.717) is 29.8 Å². The summed E-state index contributed by atoms with van der Waals surface area (Å²) in [6.45, 7) is 4.77. The fourth-order valence-corrected chi connectivity index (χ4v) is 3.68. The van der Waals surface area contributed by atoms with Gasteiger partial charge in [0.05, 0.1) is 18.2 Å². The summed E-state index contributed by atoms with van der Waals surface area (Å²) < 4.78 is 0.739. The molecule has 0 aliphatic carbocycles. The fourth-order valence-electron chi connectivity index (χ4n) is 1.97. The summed E-state index contributed by atoms with van der Waals surface area (Å²) in [5, 5.41) is 20.7. The van der Waals surface area contributed by atoms with E-state index >= 15 is 0 Å². The number of anilines is 2. The predicted octanol–water partition coefficient (Wildman–Crippen LogP) is 3.87. The van der Waals surface area contributed by atoms with Crippen LogP contribution in [0.4, 0.5) is 10.8 Å². The molecule has 0 fully saturated rings. The lowest BCUT2D eigenvalue weighted by atomic mass is 10.0. The average molecular weight is 376 g/mol. The SMILES string of the molecule is CC(C)c1ccc(Nc2nnc(SCC(=O)N(C)CCC#N)s2)cc1. The van der Waals surface area contributed by atoms with Crippen molar-refractivity contribution in [1.82, 2.24) is 15.1 Å². The zero-order valence-electron chi connectivity index (χ0n) is 14.5. The van der Waals surface area contributed by atoms with Gasteiger partial charge >= 0.3 is 0 Å². The number of nitrogens with zero attached hydrogens (tertiary/aromatic N) is 4. The molecular formula is C17H21N5OS2. The highest BCUT2D eigenvalue weighted by Crippen LogP contribution is 2.28. The van der Waals surface area contributed by atoms with Gasteiger partial charge in [-0.3, -0.25) is 4.79 Å².